The Hall–Kier alpha value is -2.92. The van der Waals surface area contributed by atoms with Crippen LogP contribution in [0.5, 0.6) is 0 Å². The Morgan fingerprint density at radius 3 is 2.15 bits per heavy atom. The predicted molar refractivity (Wildman–Crippen MR) is 101 cm³/mol. The van der Waals surface area contributed by atoms with Crippen LogP contribution in [0.4, 0.5) is 0 Å². The van der Waals surface area contributed by atoms with Crippen LogP contribution in [0, 0.1) is 0 Å². The SMILES string of the molecule is CC(N)c1nc(C(=O)NCCC(c2ccccc2)c2ccccc2)co1. The molecule has 1 aromatic heterocycles. The zero-order valence-corrected chi connectivity index (χ0v) is 14.8. The van der Waals surface area contributed by atoms with Crippen molar-refractivity contribution in [1.82, 2.24) is 10.3 Å². The van der Waals surface area contributed by atoms with Gasteiger partial charge in [0.2, 0.25) is 5.89 Å². The molecule has 1 unspecified atom stereocenters. The molecule has 0 aliphatic carbocycles. The van der Waals surface area contributed by atoms with E-state index < -0.39 is 0 Å². The highest BCUT2D eigenvalue weighted by Gasteiger charge is 2.17. The third kappa shape index (κ3) is 4.37. The zero-order chi connectivity index (χ0) is 18.4. The highest BCUT2D eigenvalue weighted by atomic mass is 16.3. The summed E-state index contributed by atoms with van der Waals surface area (Å²) in [6.07, 6.45) is 2.14. The van der Waals surface area contributed by atoms with Gasteiger partial charge in [-0.15, -0.1) is 0 Å². The second-order valence-electron chi connectivity index (χ2n) is 6.28. The number of nitrogens with two attached hydrogens (primary N) is 1. The Labute approximate surface area is 153 Å². The van der Waals surface area contributed by atoms with Gasteiger partial charge in [0.05, 0.1) is 6.04 Å². The molecule has 0 bridgehead atoms. The van der Waals surface area contributed by atoms with Gasteiger partial charge in [-0.3, -0.25) is 4.79 Å². The maximum absolute atomic E-state index is 12.3. The van der Waals surface area contributed by atoms with E-state index in [2.05, 4.69) is 34.6 Å². The van der Waals surface area contributed by atoms with Crippen molar-refractivity contribution in [3.63, 3.8) is 0 Å². The van der Waals surface area contributed by atoms with Crippen molar-refractivity contribution in [2.75, 3.05) is 6.54 Å². The van der Waals surface area contributed by atoms with Gasteiger partial charge in [0.15, 0.2) is 5.69 Å². The maximum atomic E-state index is 12.3. The molecule has 0 radical (unpaired) electrons. The summed E-state index contributed by atoms with van der Waals surface area (Å²) in [5, 5.41) is 2.92. The summed E-state index contributed by atoms with van der Waals surface area (Å²) in [4.78, 5) is 16.4. The molecule has 1 atom stereocenters. The lowest BCUT2D eigenvalue weighted by molar-refractivity contribution is 0.0947. The zero-order valence-electron chi connectivity index (χ0n) is 14.8. The first-order valence-corrected chi connectivity index (χ1v) is 8.74. The van der Waals surface area contributed by atoms with Crippen molar-refractivity contribution in [2.24, 2.45) is 5.73 Å². The van der Waals surface area contributed by atoms with Crippen LogP contribution in [0.1, 0.15) is 52.8 Å². The van der Waals surface area contributed by atoms with Crippen LogP contribution in [-0.2, 0) is 0 Å². The van der Waals surface area contributed by atoms with Crippen LogP contribution in [-0.4, -0.2) is 17.4 Å². The fraction of sp³-hybridized carbons (Fsp3) is 0.238. The van der Waals surface area contributed by atoms with Crippen LogP contribution in [0.2, 0.25) is 0 Å². The van der Waals surface area contributed by atoms with E-state index in [1.807, 2.05) is 36.4 Å². The number of benzene rings is 2. The molecular formula is C21H23N3O2. The first-order valence-electron chi connectivity index (χ1n) is 8.74. The van der Waals surface area contributed by atoms with Gasteiger partial charge in [-0.1, -0.05) is 60.7 Å². The smallest absolute Gasteiger partial charge is 0.273 e. The Morgan fingerprint density at radius 1 is 1.08 bits per heavy atom. The molecule has 26 heavy (non-hydrogen) atoms. The van der Waals surface area contributed by atoms with Crippen molar-refractivity contribution in [2.45, 2.75) is 25.3 Å². The number of aromatic nitrogens is 1. The van der Waals surface area contributed by atoms with Gasteiger partial charge in [-0.05, 0) is 24.5 Å². The largest absolute Gasteiger partial charge is 0.446 e. The first-order chi connectivity index (χ1) is 12.6. The van der Waals surface area contributed by atoms with Gasteiger partial charge in [0, 0.05) is 12.5 Å². The van der Waals surface area contributed by atoms with Gasteiger partial charge >= 0.3 is 0 Å². The number of hydrogen-bond acceptors (Lipinski definition) is 4. The van der Waals surface area contributed by atoms with Crippen molar-refractivity contribution < 1.29 is 9.21 Å². The van der Waals surface area contributed by atoms with Crippen LogP contribution >= 0.6 is 0 Å². The predicted octanol–water partition coefficient (Wildman–Crippen LogP) is 3.65. The molecule has 0 fully saturated rings. The van der Waals surface area contributed by atoms with Crippen molar-refractivity contribution in [3.05, 3.63) is 89.6 Å². The van der Waals surface area contributed by atoms with Gasteiger partial charge in [0.1, 0.15) is 6.26 Å². The van der Waals surface area contributed by atoms with E-state index in [0.717, 1.165) is 6.42 Å². The van der Waals surface area contributed by atoms with Gasteiger partial charge in [-0.25, -0.2) is 4.98 Å². The van der Waals surface area contributed by atoms with Crippen LogP contribution in [0.25, 0.3) is 0 Å². The minimum absolute atomic E-state index is 0.217. The van der Waals surface area contributed by atoms with E-state index in [9.17, 15) is 4.79 Å². The van der Waals surface area contributed by atoms with Crippen molar-refractivity contribution in [3.8, 4) is 0 Å². The van der Waals surface area contributed by atoms with Crippen molar-refractivity contribution >= 4 is 5.91 Å². The molecule has 1 heterocycles. The highest BCUT2D eigenvalue weighted by Crippen LogP contribution is 2.27. The third-order valence-electron chi connectivity index (χ3n) is 4.27. The van der Waals surface area contributed by atoms with E-state index in [1.165, 1.54) is 17.4 Å². The summed E-state index contributed by atoms with van der Waals surface area (Å²) in [6, 6.07) is 20.3. The molecule has 0 aliphatic rings. The van der Waals surface area contributed by atoms with E-state index in [1.54, 1.807) is 6.92 Å². The number of hydrogen-bond donors (Lipinski definition) is 2. The van der Waals surface area contributed by atoms with Gasteiger partial charge in [0.25, 0.3) is 5.91 Å². The normalized spacial score (nSPS) is 12.1. The minimum Gasteiger partial charge on any atom is -0.446 e. The van der Waals surface area contributed by atoms with E-state index in [0.29, 0.717) is 12.4 Å². The fourth-order valence-corrected chi connectivity index (χ4v) is 2.92. The molecule has 3 rings (SSSR count). The van der Waals surface area contributed by atoms with Gasteiger partial charge < -0.3 is 15.5 Å². The summed E-state index contributed by atoms with van der Waals surface area (Å²) in [6.45, 7) is 2.30. The fourth-order valence-electron chi connectivity index (χ4n) is 2.92. The molecule has 3 N–H and O–H groups in total. The Kier molecular flexibility index (Phi) is 5.81. The number of nitrogens with zero attached hydrogens (tertiary/aromatic N) is 1. The molecule has 5 heteroatoms. The Morgan fingerprint density at radius 2 is 1.65 bits per heavy atom. The highest BCUT2D eigenvalue weighted by molar-refractivity contribution is 5.91. The quantitative estimate of drug-likeness (QED) is 0.682. The topological polar surface area (TPSA) is 81.1 Å². The average Bonchev–Trinajstić information content (AvgIpc) is 3.17. The number of carbonyl (C=O) groups excluding carboxylic acids is 1. The van der Waals surface area contributed by atoms with E-state index >= 15 is 0 Å². The van der Waals surface area contributed by atoms with E-state index in [-0.39, 0.29) is 23.6 Å². The third-order valence-corrected chi connectivity index (χ3v) is 4.27. The lowest BCUT2D eigenvalue weighted by Gasteiger charge is -2.18. The molecule has 0 spiro atoms. The lowest BCUT2D eigenvalue weighted by atomic mass is 9.88. The molecule has 5 nitrogen and oxygen atoms in total. The van der Waals surface area contributed by atoms with Crippen LogP contribution in [0.3, 0.4) is 0 Å². The van der Waals surface area contributed by atoms with Gasteiger partial charge in [-0.2, -0.15) is 0 Å². The lowest BCUT2D eigenvalue weighted by Crippen LogP contribution is -2.26. The van der Waals surface area contributed by atoms with E-state index in [4.69, 9.17) is 10.2 Å². The Bertz CT molecular complexity index is 789. The Balaban J connectivity index is 1.65. The van der Waals surface area contributed by atoms with Crippen LogP contribution in [0.15, 0.2) is 71.3 Å². The summed E-state index contributed by atoms with van der Waals surface area (Å²) < 4.78 is 5.22. The molecular weight excluding hydrogens is 326 g/mol. The number of rotatable bonds is 7. The second kappa shape index (κ2) is 8.45. The number of oxazole rings is 1. The number of carbonyl (C=O) groups is 1. The standard InChI is InChI=1S/C21H23N3O2/c1-15(22)21-24-19(14-26-21)20(25)23-13-12-18(16-8-4-2-5-9-16)17-10-6-3-7-11-17/h2-11,14-15,18H,12-13,22H2,1H3,(H,23,25). The number of nitrogens with one attached hydrogen (secondary N) is 1. The molecule has 0 aliphatic heterocycles. The maximum Gasteiger partial charge on any atom is 0.273 e. The van der Waals surface area contributed by atoms with Crippen LogP contribution < -0.4 is 11.1 Å². The minimum atomic E-state index is -0.336. The molecule has 3 aromatic rings. The summed E-state index contributed by atoms with van der Waals surface area (Å²) in [5.41, 5.74) is 8.43. The molecule has 1 amide bonds. The summed E-state index contributed by atoms with van der Waals surface area (Å²) >= 11 is 0. The average molecular weight is 349 g/mol. The molecule has 0 saturated heterocycles. The molecule has 0 saturated carbocycles. The second-order valence-corrected chi connectivity index (χ2v) is 6.28. The molecule has 2 aromatic carbocycles. The monoisotopic (exact) mass is 349 g/mol. The number of amides is 1. The molecule has 134 valence electrons. The van der Waals surface area contributed by atoms with Crippen molar-refractivity contribution in [1.29, 1.82) is 0 Å². The summed E-state index contributed by atoms with van der Waals surface area (Å²) in [5.74, 6) is 0.330. The first kappa shape index (κ1) is 17.9. The summed E-state index contributed by atoms with van der Waals surface area (Å²) in [7, 11) is 0.